The number of carbonyl (C=O) groups excluding carboxylic acids is 1. The summed E-state index contributed by atoms with van der Waals surface area (Å²) >= 11 is 0. The average Bonchev–Trinajstić information content (AvgIpc) is 3.24. The van der Waals surface area contributed by atoms with E-state index in [1.807, 2.05) is 75.9 Å². The highest BCUT2D eigenvalue weighted by Gasteiger charge is 2.30. The monoisotopic (exact) mass is 419 g/mol. The number of fused-ring (bicyclic) bond motifs is 1. The summed E-state index contributed by atoms with van der Waals surface area (Å²) in [6.45, 7) is 10.9. The van der Waals surface area contributed by atoms with E-state index in [2.05, 4.69) is 6.07 Å². The number of nitrogens with zero attached hydrogens (tertiary/aromatic N) is 3. The van der Waals surface area contributed by atoms with Crippen molar-refractivity contribution in [2.24, 2.45) is 0 Å². The molecule has 2 heterocycles. The molecular formula is C25H29N3O3. The van der Waals surface area contributed by atoms with Crippen molar-refractivity contribution in [2.45, 2.75) is 59.3 Å². The van der Waals surface area contributed by atoms with Crippen LogP contribution < -0.4 is 5.69 Å². The molecular weight excluding hydrogens is 390 g/mol. The van der Waals surface area contributed by atoms with E-state index < -0.39 is 5.54 Å². The lowest BCUT2D eigenvalue weighted by molar-refractivity contribution is 0.0730. The predicted molar refractivity (Wildman–Crippen MR) is 121 cm³/mol. The SMILES string of the molecule is CCn1c(O)cn(C(C)(C)c2ccc(-c3ccc4c(c3)CN(C(C)C)C4=O)cc2)c1=O. The summed E-state index contributed by atoms with van der Waals surface area (Å²) in [5.41, 5.74) is 4.09. The maximum absolute atomic E-state index is 12.7. The van der Waals surface area contributed by atoms with Gasteiger partial charge in [0.1, 0.15) is 0 Å². The summed E-state index contributed by atoms with van der Waals surface area (Å²) in [6.07, 6.45) is 1.50. The molecule has 162 valence electrons. The number of carbonyl (C=O) groups is 1. The molecule has 0 radical (unpaired) electrons. The van der Waals surface area contributed by atoms with Crippen LogP contribution in [0.15, 0.2) is 53.5 Å². The van der Waals surface area contributed by atoms with Crippen LogP contribution in [-0.2, 0) is 18.6 Å². The minimum atomic E-state index is -0.615. The van der Waals surface area contributed by atoms with Gasteiger partial charge in [-0.1, -0.05) is 30.3 Å². The average molecular weight is 420 g/mol. The highest BCUT2D eigenvalue weighted by atomic mass is 16.3. The number of aromatic hydroxyl groups is 1. The molecule has 0 spiro atoms. The van der Waals surface area contributed by atoms with Crippen LogP contribution in [0, 0.1) is 0 Å². The summed E-state index contributed by atoms with van der Waals surface area (Å²) in [5, 5.41) is 10.1. The van der Waals surface area contributed by atoms with Crippen molar-refractivity contribution in [3.63, 3.8) is 0 Å². The molecule has 0 saturated carbocycles. The van der Waals surface area contributed by atoms with Gasteiger partial charge in [-0.2, -0.15) is 0 Å². The minimum absolute atomic E-state index is 0.0275. The molecule has 1 aliphatic heterocycles. The van der Waals surface area contributed by atoms with Crippen molar-refractivity contribution in [3.05, 3.63) is 75.8 Å². The van der Waals surface area contributed by atoms with Crippen molar-refractivity contribution in [2.75, 3.05) is 0 Å². The van der Waals surface area contributed by atoms with Gasteiger partial charge >= 0.3 is 5.69 Å². The molecule has 0 unspecified atom stereocenters. The molecule has 0 aliphatic carbocycles. The molecule has 1 N–H and O–H groups in total. The van der Waals surface area contributed by atoms with E-state index in [4.69, 9.17) is 0 Å². The first-order chi connectivity index (χ1) is 14.6. The van der Waals surface area contributed by atoms with Gasteiger partial charge < -0.3 is 10.0 Å². The maximum Gasteiger partial charge on any atom is 0.331 e. The van der Waals surface area contributed by atoms with Gasteiger partial charge in [0.25, 0.3) is 5.91 Å². The van der Waals surface area contributed by atoms with Gasteiger partial charge in [-0.3, -0.25) is 13.9 Å². The zero-order valence-corrected chi connectivity index (χ0v) is 18.7. The number of amides is 1. The molecule has 1 aliphatic rings. The Hall–Kier alpha value is -3.28. The molecule has 6 nitrogen and oxygen atoms in total. The number of benzene rings is 2. The molecule has 4 rings (SSSR count). The minimum Gasteiger partial charge on any atom is -0.493 e. The molecule has 6 heteroatoms. The molecule has 3 aromatic rings. The first-order valence-corrected chi connectivity index (χ1v) is 10.7. The van der Waals surface area contributed by atoms with Gasteiger partial charge in [0.05, 0.1) is 11.7 Å². The van der Waals surface area contributed by atoms with E-state index in [-0.39, 0.29) is 23.5 Å². The van der Waals surface area contributed by atoms with E-state index >= 15 is 0 Å². The second-order valence-electron chi connectivity index (χ2n) is 8.92. The molecule has 1 aromatic heterocycles. The Kier molecular flexibility index (Phi) is 5.04. The predicted octanol–water partition coefficient (Wildman–Crippen LogP) is 4.19. The van der Waals surface area contributed by atoms with Crippen LogP contribution in [0.4, 0.5) is 0 Å². The lowest BCUT2D eigenvalue weighted by Crippen LogP contribution is -2.37. The van der Waals surface area contributed by atoms with Crippen LogP contribution in [0.1, 0.15) is 56.1 Å². The Bertz CT molecular complexity index is 1200. The van der Waals surface area contributed by atoms with Gasteiger partial charge in [0.2, 0.25) is 5.88 Å². The lowest BCUT2D eigenvalue weighted by Gasteiger charge is -2.26. The van der Waals surface area contributed by atoms with E-state index in [0.29, 0.717) is 13.1 Å². The molecule has 1 amide bonds. The molecule has 0 fully saturated rings. The highest BCUT2D eigenvalue weighted by Crippen LogP contribution is 2.32. The zero-order chi connectivity index (χ0) is 22.5. The Morgan fingerprint density at radius 2 is 1.68 bits per heavy atom. The number of hydrogen-bond donors (Lipinski definition) is 1. The van der Waals surface area contributed by atoms with Gasteiger partial charge in [-0.15, -0.1) is 0 Å². The summed E-state index contributed by atoms with van der Waals surface area (Å²) in [5.74, 6) is 0.0710. The van der Waals surface area contributed by atoms with Gasteiger partial charge in [-0.25, -0.2) is 4.79 Å². The molecule has 2 aromatic carbocycles. The fourth-order valence-corrected chi connectivity index (χ4v) is 4.32. The highest BCUT2D eigenvalue weighted by molar-refractivity contribution is 5.99. The third-order valence-electron chi connectivity index (χ3n) is 6.36. The Morgan fingerprint density at radius 3 is 2.26 bits per heavy atom. The van der Waals surface area contributed by atoms with Crippen LogP contribution in [0.5, 0.6) is 5.88 Å². The molecule has 0 atom stereocenters. The van der Waals surface area contributed by atoms with Crippen LogP contribution in [0.25, 0.3) is 11.1 Å². The molecule has 31 heavy (non-hydrogen) atoms. The number of rotatable bonds is 5. The van der Waals surface area contributed by atoms with E-state index in [9.17, 15) is 14.7 Å². The lowest BCUT2D eigenvalue weighted by atomic mass is 9.91. The Balaban J connectivity index is 1.65. The van der Waals surface area contributed by atoms with Crippen LogP contribution in [-0.4, -0.2) is 31.1 Å². The second-order valence-corrected chi connectivity index (χ2v) is 8.92. The van der Waals surface area contributed by atoms with Gasteiger partial charge in [0, 0.05) is 24.7 Å². The first kappa shape index (κ1) is 21.0. The standard InChI is InChI=1S/C25H29N3O3/c1-6-26-22(29)15-28(24(26)31)25(4,5)20-10-7-17(8-11-20)18-9-12-21-19(13-18)14-27(16(2)3)23(21)30/h7-13,15-16,29H,6,14H2,1-5H3. The normalized spacial score (nSPS) is 13.9. The Morgan fingerprint density at radius 1 is 1.03 bits per heavy atom. The summed E-state index contributed by atoms with van der Waals surface area (Å²) < 4.78 is 2.92. The molecule has 0 bridgehead atoms. The van der Waals surface area contributed by atoms with Crippen molar-refractivity contribution < 1.29 is 9.90 Å². The summed E-state index contributed by atoms with van der Waals surface area (Å²) in [4.78, 5) is 27.1. The van der Waals surface area contributed by atoms with Crippen molar-refractivity contribution in [3.8, 4) is 17.0 Å². The largest absolute Gasteiger partial charge is 0.493 e. The van der Waals surface area contributed by atoms with Gasteiger partial charge in [-0.05, 0) is 69.0 Å². The van der Waals surface area contributed by atoms with Gasteiger partial charge in [0.15, 0.2) is 0 Å². The number of hydrogen-bond acceptors (Lipinski definition) is 3. The molecule has 0 saturated heterocycles. The van der Waals surface area contributed by atoms with Crippen molar-refractivity contribution >= 4 is 5.91 Å². The fraction of sp³-hybridized carbons (Fsp3) is 0.360. The third-order valence-corrected chi connectivity index (χ3v) is 6.36. The summed E-state index contributed by atoms with van der Waals surface area (Å²) in [6, 6.07) is 14.3. The van der Waals surface area contributed by atoms with Crippen LogP contribution in [0.2, 0.25) is 0 Å². The van der Waals surface area contributed by atoms with Crippen molar-refractivity contribution in [1.82, 2.24) is 14.0 Å². The van der Waals surface area contributed by atoms with Crippen molar-refractivity contribution in [1.29, 1.82) is 0 Å². The summed E-state index contributed by atoms with van der Waals surface area (Å²) in [7, 11) is 0. The fourth-order valence-electron chi connectivity index (χ4n) is 4.32. The number of aromatic nitrogens is 2. The Labute approximate surface area is 182 Å². The van der Waals surface area contributed by atoms with E-state index in [1.54, 1.807) is 4.57 Å². The van der Waals surface area contributed by atoms with Crippen LogP contribution in [0.3, 0.4) is 0 Å². The zero-order valence-electron chi connectivity index (χ0n) is 18.7. The number of imidazole rings is 1. The van der Waals surface area contributed by atoms with E-state index in [1.165, 1.54) is 10.8 Å². The third kappa shape index (κ3) is 3.36. The first-order valence-electron chi connectivity index (χ1n) is 10.7. The topological polar surface area (TPSA) is 67.5 Å². The smallest absolute Gasteiger partial charge is 0.331 e. The maximum atomic E-state index is 12.7. The quantitative estimate of drug-likeness (QED) is 0.674. The van der Waals surface area contributed by atoms with E-state index in [0.717, 1.165) is 27.8 Å². The van der Waals surface area contributed by atoms with Crippen LogP contribution >= 0.6 is 0 Å². The second kappa shape index (κ2) is 7.45.